The molecule has 0 aromatic heterocycles. The van der Waals surface area contributed by atoms with Crippen LogP contribution in [0.3, 0.4) is 0 Å². The van der Waals surface area contributed by atoms with E-state index in [1.54, 1.807) is 0 Å². The van der Waals surface area contributed by atoms with Gasteiger partial charge in [0.25, 0.3) is 0 Å². The molecule has 0 bridgehead atoms. The van der Waals surface area contributed by atoms with E-state index in [1.807, 2.05) is 0 Å². The molecule has 0 aromatic rings. The van der Waals surface area contributed by atoms with Crippen LogP contribution < -0.4 is 5.32 Å². The van der Waals surface area contributed by atoms with Gasteiger partial charge in [0.05, 0.1) is 12.5 Å². The first-order valence-electron chi connectivity index (χ1n) is 5.19. The van der Waals surface area contributed by atoms with E-state index >= 15 is 0 Å². The molecule has 0 spiro atoms. The summed E-state index contributed by atoms with van der Waals surface area (Å²) >= 11 is 0. The number of carbonyl (C=O) groups is 1. The van der Waals surface area contributed by atoms with E-state index in [1.165, 1.54) is 12.8 Å². The molecule has 1 amide bonds. The zero-order valence-electron chi connectivity index (χ0n) is 8.08. The summed E-state index contributed by atoms with van der Waals surface area (Å²) in [5.41, 5.74) is 0. The fourth-order valence-electron chi connectivity index (χ4n) is 1.92. The third-order valence-corrected chi connectivity index (χ3v) is 3.08. The number of rotatable bonds is 3. The van der Waals surface area contributed by atoms with E-state index in [4.69, 9.17) is 4.74 Å². The maximum Gasteiger partial charge on any atom is 0.225 e. The zero-order valence-corrected chi connectivity index (χ0v) is 8.08. The maximum atomic E-state index is 11.6. The molecule has 2 rings (SSSR count). The maximum absolute atomic E-state index is 11.6. The van der Waals surface area contributed by atoms with Crippen LogP contribution in [0.1, 0.15) is 26.2 Å². The number of ether oxygens (including phenoxy) is 1. The van der Waals surface area contributed by atoms with Gasteiger partial charge in [-0.05, 0) is 18.8 Å². The summed E-state index contributed by atoms with van der Waals surface area (Å²) in [6, 6.07) is 0.470. The van der Waals surface area contributed by atoms with Gasteiger partial charge in [-0.2, -0.15) is 0 Å². The van der Waals surface area contributed by atoms with Crippen molar-refractivity contribution >= 4 is 5.91 Å². The smallest absolute Gasteiger partial charge is 0.225 e. The molecular weight excluding hydrogens is 166 g/mol. The fraction of sp³-hybridized carbons (Fsp3) is 0.900. The minimum atomic E-state index is 0.123. The summed E-state index contributed by atoms with van der Waals surface area (Å²) in [6.45, 7) is 3.55. The second-order valence-corrected chi connectivity index (χ2v) is 4.08. The zero-order chi connectivity index (χ0) is 9.26. The van der Waals surface area contributed by atoms with Crippen molar-refractivity contribution in [2.45, 2.75) is 32.2 Å². The normalized spacial score (nSPS) is 37.5. The lowest BCUT2D eigenvalue weighted by Gasteiger charge is -2.08. The number of carbonyl (C=O) groups excluding carboxylic acids is 1. The van der Waals surface area contributed by atoms with Crippen molar-refractivity contribution in [2.75, 3.05) is 13.2 Å². The molecule has 3 atom stereocenters. The summed E-state index contributed by atoms with van der Waals surface area (Å²) in [4.78, 5) is 11.6. The summed E-state index contributed by atoms with van der Waals surface area (Å²) in [5, 5.41) is 3.08. The first-order chi connectivity index (χ1) is 6.31. The van der Waals surface area contributed by atoms with Crippen LogP contribution >= 0.6 is 0 Å². The average molecular weight is 183 g/mol. The summed E-state index contributed by atoms with van der Waals surface area (Å²) in [5.74, 6) is 1.07. The lowest BCUT2D eigenvalue weighted by molar-refractivity contribution is -0.125. The van der Waals surface area contributed by atoms with Crippen LogP contribution in [0, 0.1) is 11.8 Å². The largest absolute Gasteiger partial charge is 0.381 e. The Morgan fingerprint density at radius 2 is 2.46 bits per heavy atom. The Morgan fingerprint density at radius 1 is 1.62 bits per heavy atom. The summed E-state index contributed by atoms with van der Waals surface area (Å²) in [6.07, 6.45) is 3.26. The quantitative estimate of drug-likeness (QED) is 0.707. The Bertz CT molecular complexity index is 199. The van der Waals surface area contributed by atoms with Crippen LogP contribution in [0.4, 0.5) is 0 Å². The van der Waals surface area contributed by atoms with Gasteiger partial charge in [0.2, 0.25) is 5.91 Å². The Hall–Kier alpha value is -0.570. The third-order valence-electron chi connectivity index (χ3n) is 3.08. The number of hydrogen-bond donors (Lipinski definition) is 1. The highest BCUT2D eigenvalue weighted by atomic mass is 16.5. The van der Waals surface area contributed by atoms with Crippen molar-refractivity contribution in [3.05, 3.63) is 0 Å². The molecule has 3 unspecified atom stereocenters. The number of amides is 1. The molecule has 74 valence electrons. The van der Waals surface area contributed by atoms with Gasteiger partial charge in [-0.25, -0.2) is 0 Å². The Kier molecular flexibility index (Phi) is 2.54. The Morgan fingerprint density at radius 3 is 3.00 bits per heavy atom. The highest BCUT2D eigenvalue weighted by Crippen LogP contribution is 2.33. The monoisotopic (exact) mass is 183 g/mol. The molecule has 13 heavy (non-hydrogen) atoms. The highest BCUT2D eigenvalue weighted by molar-refractivity contribution is 5.79. The molecule has 1 aliphatic carbocycles. The molecule has 1 saturated carbocycles. The van der Waals surface area contributed by atoms with Crippen LogP contribution in [0.5, 0.6) is 0 Å². The average Bonchev–Trinajstić information content (AvgIpc) is 2.68. The highest BCUT2D eigenvalue weighted by Gasteiger charge is 2.38. The van der Waals surface area contributed by atoms with Crippen molar-refractivity contribution in [1.29, 1.82) is 0 Å². The molecule has 1 heterocycles. The van der Waals surface area contributed by atoms with E-state index in [0.717, 1.165) is 18.9 Å². The number of nitrogens with one attached hydrogen (secondary N) is 1. The van der Waals surface area contributed by atoms with Crippen LogP contribution in [0.25, 0.3) is 0 Å². The van der Waals surface area contributed by atoms with Gasteiger partial charge in [0.15, 0.2) is 0 Å². The van der Waals surface area contributed by atoms with E-state index in [0.29, 0.717) is 12.6 Å². The summed E-state index contributed by atoms with van der Waals surface area (Å²) in [7, 11) is 0. The van der Waals surface area contributed by atoms with Crippen molar-refractivity contribution in [1.82, 2.24) is 5.32 Å². The second-order valence-electron chi connectivity index (χ2n) is 4.08. The minimum Gasteiger partial charge on any atom is -0.381 e. The molecule has 2 aliphatic rings. The van der Waals surface area contributed by atoms with Gasteiger partial charge < -0.3 is 10.1 Å². The molecule has 3 heteroatoms. The first-order valence-corrected chi connectivity index (χ1v) is 5.19. The van der Waals surface area contributed by atoms with Gasteiger partial charge in [0, 0.05) is 12.6 Å². The lowest BCUT2D eigenvalue weighted by atomic mass is 10.1. The van der Waals surface area contributed by atoms with E-state index in [2.05, 4.69) is 12.2 Å². The van der Waals surface area contributed by atoms with Crippen LogP contribution in [-0.2, 0) is 9.53 Å². The molecule has 0 radical (unpaired) electrons. The van der Waals surface area contributed by atoms with Gasteiger partial charge >= 0.3 is 0 Å². The Balaban J connectivity index is 1.72. The molecule has 1 N–H and O–H groups in total. The van der Waals surface area contributed by atoms with Gasteiger partial charge in [0.1, 0.15) is 0 Å². The minimum absolute atomic E-state index is 0.123. The topological polar surface area (TPSA) is 38.3 Å². The molecule has 3 nitrogen and oxygen atoms in total. The lowest BCUT2D eigenvalue weighted by Crippen LogP contribution is -2.33. The van der Waals surface area contributed by atoms with Crippen molar-refractivity contribution in [3.63, 3.8) is 0 Å². The first kappa shape index (κ1) is 9.00. The second kappa shape index (κ2) is 3.66. The van der Waals surface area contributed by atoms with Crippen LogP contribution in [-0.4, -0.2) is 25.2 Å². The van der Waals surface area contributed by atoms with Gasteiger partial charge in [-0.3, -0.25) is 4.79 Å². The Labute approximate surface area is 78.8 Å². The molecule has 1 aliphatic heterocycles. The SMILES string of the molecule is CCC1CC1NC(=O)C1CCOC1. The van der Waals surface area contributed by atoms with E-state index in [9.17, 15) is 4.79 Å². The van der Waals surface area contributed by atoms with E-state index < -0.39 is 0 Å². The molecule has 1 saturated heterocycles. The predicted molar refractivity (Wildman–Crippen MR) is 49.3 cm³/mol. The van der Waals surface area contributed by atoms with Crippen molar-refractivity contribution in [3.8, 4) is 0 Å². The van der Waals surface area contributed by atoms with Gasteiger partial charge in [-0.1, -0.05) is 13.3 Å². The van der Waals surface area contributed by atoms with E-state index in [-0.39, 0.29) is 11.8 Å². The molecule has 2 fully saturated rings. The van der Waals surface area contributed by atoms with Crippen LogP contribution in [0.2, 0.25) is 0 Å². The predicted octanol–water partition coefficient (Wildman–Crippen LogP) is 0.938. The molecule has 0 aromatic carbocycles. The summed E-state index contributed by atoms with van der Waals surface area (Å²) < 4.78 is 5.17. The van der Waals surface area contributed by atoms with Gasteiger partial charge in [-0.15, -0.1) is 0 Å². The van der Waals surface area contributed by atoms with Crippen molar-refractivity contribution < 1.29 is 9.53 Å². The van der Waals surface area contributed by atoms with Crippen LogP contribution in [0.15, 0.2) is 0 Å². The third kappa shape index (κ3) is 2.02. The molecular formula is C10H17NO2. The number of hydrogen-bond acceptors (Lipinski definition) is 2. The fourth-order valence-corrected chi connectivity index (χ4v) is 1.92. The standard InChI is InChI=1S/C10H17NO2/c1-2-7-5-9(7)11-10(12)8-3-4-13-6-8/h7-9H,2-6H2,1H3,(H,11,12). The van der Waals surface area contributed by atoms with Crippen molar-refractivity contribution in [2.24, 2.45) is 11.8 Å².